The summed E-state index contributed by atoms with van der Waals surface area (Å²) < 4.78 is 3.41. The van der Waals surface area contributed by atoms with Crippen LogP contribution in [-0.4, -0.2) is 24.9 Å². The molecule has 0 saturated carbocycles. The molecule has 3 rings (SSSR count). The van der Waals surface area contributed by atoms with Crippen LogP contribution in [0.2, 0.25) is 10.2 Å². The second-order valence-electron chi connectivity index (χ2n) is 4.99. The van der Waals surface area contributed by atoms with Crippen molar-refractivity contribution in [3.63, 3.8) is 0 Å². The lowest BCUT2D eigenvalue weighted by Gasteiger charge is -2.13. The van der Waals surface area contributed by atoms with Crippen molar-refractivity contribution in [2.75, 3.05) is 5.75 Å². The molecule has 0 aliphatic heterocycles. The highest BCUT2D eigenvalue weighted by atomic mass is 35.5. The van der Waals surface area contributed by atoms with Gasteiger partial charge in [-0.15, -0.1) is 11.8 Å². The second-order valence-corrected chi connectivity index (χ2v) is 7.07. The first-order chi connectivity index (χ1) is 11.0. The number of nitrogens with zero attached hydrogens (tertiary/aromatic N) is 4. The van der Waals surface area contributed by atoms with Crippen LogP contribution in [0.5, 0.6) is 0 Å². The van der Waals surface area contributed by atoms with Gasteiger partial charge in [-0.3, -0.25) is 4.79 Å². The predicted octanol–water partition coefficient (Wildman–Crippen LogP) is 3.67. The first-order valence-electron chi connectivity index (χ1n) is 7.02. The van der Waals surface area contributed by atoms with E-state index in [-0.39, 0.29) is 5.56 Å². The summed E-state index contributed by atoms with van der Waals surface area (Å²) in [5.74, 6) is 0.893. The van der Waals surface area contributed by atoms with Gasteiger partial charge < -0.3 is 4.57 Å². The van der Waals surface area contributed by atoms with E-state index in [0.717, 1.165) is 27.7 Å². The van der Waals surface area contributed by atoms with Crippen LogP contribution >= 0.6 is 35.0 Å². The van der Waals surface area contributed by atoms with Crippen LogP contribution in [-0.2, 0) is 6.54 Å². The van der Waals surface area contributed by atoms with Gasteiger partial charge in [0, 0.05) is 29.6 Å². The number of rotatable bonds is 4. The minimum Gasteiger partial charge on any atom is -0.325 e. The van der Waals surface area contributed by atoms with Crippen LogP contribution in [0.1, 0.15) is 18.2 Å². The number of hydrogen-bond acceptors (Lipinski definition) is 4. The summed E-state index contributed by atoms with van der Waals surface area (Å²) in [6.07, 6.45) is 1.65. The molecule has 3 heterocycles. The lowest BCUT2D eigenvalue weighted by atomic mass is 10.2. The molecular weight excluding hydrogens is 355 g/mol. The van der Waals surface area contributed by atoms with Gasteiger partial charge in [0.05, 0.1) is 11.6 Å². The van der Waals surface area contributed by atoms with E-state index in [1.807, 2.05) is 24.5 Å². The average molecular weight is 369 g/mol. The van der Waals surface area contributed by atoms with Crippen LogP contribution in [0.15, 0.2) is 34.2 Å². The molecule has 0 unspecified atom stereocenters. The summed E-state index contributed by atoms with van der Waals surface area (Å²) in [4.78, 5) is 16.2. The lowest BCUT2D eigenvalue weighted by Crippen LogP contribution is -2.20. The Morgan fingerprint density at radius 1 is 1.26 bits per heavy atom. The molecule has 0 N–H and O–H groups in total. The summed E-state index contributed by atoms with van der Waals surface area (Å²) in [6, 6.07) is 5.10. The highest BCUT2D eigenvalue weighted by Crippen LogP contribution is 2.22. The first-order valence-corrected chi connectivity index (χ1v) is 8.76. The molecule has 8 heteroatoms. The Morgan fingerprint density at radius 3 is 2.74 bits per heavy atom. The number of aryl methyl sites for hydroxylation is 1. The second kappa shape index (κ2) is 6.55. The van der Waals surface area contributed by atoms with E-state index in [1.165, 1.54) is 4.52 Å². The maximum absolute atomic E-state index is 12.2. The molecule has 0 aliphatic carbocycles. The molecule has 120 valence electrons. The number of pyridine rings is 1. The molecule has 0 saturated heterocycles. The number of hydrogen-bond donors (Lipinski definition) is 0. The molecule has 0 amide bonds. The van der Waals surface area contributed by atoms with E-state index in [1.54, 1.807) is 30.1 Å². The molecule has 23 heavy (non-hydrogen) atoms. The van der Waals surface area contributed by atoms with Crippen LogP contribution in [0.25, 0.3) is 5.65 Å². The average Bonchev–Trinajstić information content (AvgIpc) is 2.90. The zero-order valence-electron chi connectivity index (χ0n) is 12.6. The van der Waals surface area contributed by atoms with Crippen molar-refractivity contribution in [1.82, 2.24) is 19.2 Å². The highest BCUT2D eigenvalue weighted by Gasteiger charge is 2.12. The number of aromatic nitrogens is 4. The fourth-order valence-corrected chi connectivity index (χ4v) is 3.40. The molecule has 0 aliphatic rings. The molecule has 3 aromatic heterocycles. The smallest absolute Gasteiger partial charge is 0.274 e. The molecule has 0 spiro atoms. The summed E-state index contributed by atoms with van der Waals surface area (Å²) in [6.45, 7) is 4.42. The zero-order valence-corrected chi connectivity index (χ0v) is 14.9. The molecule has 3 aromatic rings. The Labute approximate surface area is 147 Å². The van der Waals surface area contributed by atoms with Crippen molar-refractivity contribution in [3.05, 3.63) is 56.2 Å². The highest BCUT2D eigenvalue weighted by molar-refractivity contribution is 7.99. The summed E-state index contributed by atoms with van der Waals surface area (Å²) in [7, 11) is 0. The topological polar surface area (TPSA) is 52.2 Å². The van der Waals surface area contributed by atoms with Gasteiger partial charge in [0.1, 0.15) is 15.8 Å². The summed E-state index contributed by atoms with van der Waals surface area (Å²) in [5, 5.41) is 6.08. The third kappa shape index (κ3) is 3.24. The van der Waals surface area contributed by atoms with Crippen molar-refractivity contribution in [2.45, 2.75) is 25.4 Å². The third-order valence-electron chi connectivity index (χ3n) is 3.43. The number of thioether (sulfide) groups is 1. The zero-order chi connectivity index (χ0) is 16.6. The molecular formula is C15H14Cl2N4OS. The first kappa shape index (κ1) is 16.4. The maximum Gasteiger partial charge on any atom is 0.274 e. The normalized spacial score (nSPS) is 11.3. The van der Waals surface area contributed by atoms with E-state index >= 15 is 0 Å². The van der Waals surface area contributed by atoms with E-state index in [2.05, 4.69) is 10.1 Å². The molecule has 0 bridgehead atoms. The fraction of sp³-hybridized carbons (Fsp3) is 0.267. The van der Waals surface area contributed by atoms with E-state index < -0.39 is 0 Å². The Morgan fingerprint density at radius 2 is 2.04 bits per heavy atom. The van der Waals surface area contributed by atoms with Gasteiger partial charge in [0.25, 0.3) is 5.56 Å². The SMILES string of the molecule is CCSc1cc2n(Cc3cnc(Cl)cc3Cl)c(C)cc(=O)n2n1. The van der Waals surface area contributed by atoms with Crippen LogP contribution in [0.3, 0.4) is 0 Å². The van der Waals surface area contributed by atoms with Crippen molar-refractivity contribution in [2.24, 2.45) is 0 Å². The summed E-state index contributed by atoms with van der Waals surface area (Å²) >= 11 is 13.7. The Hall–Kier alpha value is -1.50. The number of halogens is 2. The Kier molecular flexibility index (Phi) is 4.66. The molecule has 0 atom stereocenters. The monoisotopic (exact) mass is 368 g/mol. The minimum atomic E-state index is -0.142. The minimum absolute atomic E-state index is 0.142. The maximum atomic E-state index is 12.2. The quantitative estimate of drug-likeness (QED) is 0.520. The Bertz CT molecular complexity index is 935. The molecule has 0 radical (unpaired) electrons. The van der Waals surface area contributed by atoms with Gasteiger partial charge in [-0.2, -0.15) is 9.61 Å². The standard InChI is InChI=1S/C15H14Cl2N4OS/c1-3-23-13-6-14-20(9(2)4-15(22)21(14)19-13)8-10-7-18-12(17)5-11(10)16/h4-7H,3,8H2,1-2H3. The van der Waals surface area contributed by atoms with E-state index in [0.29, 0.717) is 16.7 Å². The number of fused-ring (bicyclic) bond motifs is 1. The van der Waals surface area contributed by atoms with Crippen LogP contribution in [0, 0.1) is 6.92 Å². The largest absolute Gasteiger partial charge is 0.325 e. The van der Waals surface area contributed by atoms with Gasteiger partial charge in [-0.25, -0.2) is 4.98 Å². The van der Waals surface area contributed by atoms with Crippen LogP contribution < -0.4 is 5.56 Å². The van der Waals surface area contributed by atoms with Crippen LogP contribution in [0.4, 0.5) is 0 Å². The van der Waals surface area contributed by atoms with Gasteiger partial charge in [-0.05, 0) is 18.7 Å². The van der Waals surface area contributed by atoms with Crippen molar-refractivity contribution in [1.29, 1.82) is 0 Å². The van der Waals surface area contributed by atoms with Crippen molar-refractivity contribution in [3.8, 4) is 0 Å². The van der Waals surface area contributed by atoms with Gasteiger partial charge in [0.15, 0.2) is 0 Å². The molecule has 0 aromatic carbocycles. The Balaban J connectivity index is 2.14. The van der Waals surface area contributed by atoms with E-state index in [4.69, 9.17) is 23.2 Å². The van der Waals surface area contributed by atoms with Gasteiger partial charge in [0.2, 0.25) is 0 Å². The molecule has 0 fully saturated rings. The molecule has 5 nitrogen and oxygen atoms in total. The van der Waals surface area contributed by atoms with Crippen molar-refractivity contribution >= 4 is 40.6 Å². The summed E-state index contributed by atoms with van der Waals surface area (Å²) in [5.41, 5.74) is 2.26. The third-order valence-corrected chi connectivity index (χ3v) is 4.77. The van der Waals surface area contributed by atoms with E-state index in [9.17, 15) is 4.79 Å². The van der Waals surface area contributed by atoms with Crippen molar-refractivity contribution < 1.29 is 0 Å². The lowest BCUT2D eigenvalue weighted by molar-refractivity contribution is 0.731. The van der Waals surface area contributed by atoms with Gasteiger partial charge in [-0.1, -0.05) is 30.1 Å². The fourth-order valence-electron chi connectivity index (χ4n) is 2.35. The van der Waals surface area contributed by atoms with Gasteiger partial charge >= 0.3 is 0 Å². The predicted molar refractivity (Wildman–Crippen MR) is 93.9 cm³/mol.